The first kappa shape index (κ1) is 16.0. The molecule has 2 heterocycles. The highest BCUT2D eigenvalue weighted by atomic mass is 35.5. The van der Waals surface area contributed by atoms with Gasteiger partial charge in [-0.1, -0.05) is 35.3 Å². The van der Waals surface area contributed by atoms with E-state index in [0.717, 1.165) is 31.7 Å². The summed E-state index contributed by atoms with van der Waals surface area (Å²) in [5, 5.41) is 9.04. The zero-order valence-corrected chi connectivity index (χ0v) is 14.0. The standard InChI is InChI=1S/C16H17Cl2N5/c17-11-6-4-5-10(13(11)18)14(19)15-16(20)22-12(9-21-15)23-7-2-1-3-8-23/h4-6,9,19H,1-3,7-8H2,(H2,20,22). The van der Waals surface area contributed by atoms with Crippen LogP contribution in [-0.4, -0.2) is 28.8 Å². The van der Waals surface area contributed by atoms with Crippen LogP contribution in [0.15, 0.2) is 24.4 Å². The van der Waals surface area contributed by atoms with Crippen LogP contribution in [0, 0.1) is 5.41 Å². The zero-order valence-electron chi connectivity index (χ0n) is 12.5. The van der Waals surface area contributed by atoms with Crippen molar-refractivity contribution in [2.45, 2.75) is 19.3 Å². The molecule has 0 atom stereocenters. The van der Waals surface area contributed by atoms with Gasteiger partial charge in [0.15, 0.2) is 5.82 Å². The lowest BCUT2D eigenvalue weighted by Crippen LogP contribution is -2.30. The molecule has 1 aromatic carbocycles. The van der Waals surface area contributed by atoms with Crippen molar-refractivity contribution in [1.82, 2.24) is 9.97 Å². The van der Waals surface area contributed by atoms with E-state index in [1.165, 1.54) is 6.42 Å². The molecule has 5 nitrogen and oxygen atoms in total. The summed E-state index contributed by atoms with van der Waals surface area (Å²) in [6.07, 6.45) is 5.22. The van der Waals surface area contributed by atoms with Crippen molar-refractivity contribution in [3.05, 3.63) is 45.7 Å². The largest absolute Gasteiger partial charge is 0.382 e. The zero-order chi connectivity index (χ0) is 16.4. The number of nitrogens with two attached hydrogens (primary N) is 1. The number of anilines is 2. The molecule has 0 radical (unpaired) electrons. The third-order valence-electron chi connectivity index (χ3n) is 3.92. The predicted molar refractivity (Wildman–Crippen MR) is 94.9 cm³/mol. The fraction of sp³-hybridized carbons (Fsp3) is 0.312. The molecule has 1 saturated heterocycles. The molecular weight excluding hydrogens is 333 g/mol. The van der Waals surface area contributed by atoms with Gasteiger partial charge in [0.05, 0.1) is 22.0 Å². The third kappa shape index (κ3) is 3.26. The molecule has 1 aromatic heterocycles. The Kier molecular flexibility index (Phi) is 4.68. The van der Waals surface area contributed by atoms with Crippen LogP contribution in [0.2, 0.25) is 10.0 Å². The first-order chi connectivity index (χ1) is 11.1. The van der Waals surface area contributed by atoms with Crippen molar-refractivity contribution >= 4 is 40.5 Å². The second-order valence-corrected chi connectivity index (χ2v) is 6.27. The van der Waals surface area contributed by atoms with Gasteiger partial charge in [-0.25, -0.2) is 9.97 Å². The summed E-state index contributed by atoms with van der Waals surface area (Å²) in [5.74, 6) is 0.991. The Morgan fingerprint density at radius 1 is 1.17 bits per heavy atom. The molecule has 1 fully saturated rings. The number of benzene rings is 1. The van der Waals surface area contributed by atoms with Gasteiger partial charge in [-0.2, -0.15) is 0 Å². The Labute approximate surface area is 145 Å². The molecule has 3 N–H and O–H groups in total. The topological polar surface area (TPSA) is 78.9 Å². The minimum atomic E-state index is 0.118. The number of halogens is 2. The highest BCUT2D eigenvalue weighted by Crippen LogP contribution is 2.28. The average molecular weight is 350 g/mol. The number of nitrogens with zero attached hydrogens (tertiary/aromatic N) is 3. The minimum Gasteiger partial charge on any atom is -0.382 e. The number of nitrogen functional groups attached to an aromatic ring is 1. The van der Waals surface area contributed by atoms with E-state index in [0.29, 0.717) is 21.3 Å². The summed E-state index contributed by atoms with van der Waals surface area (Å²) in [7, 11) is 0. The second-order valence-electron chi connectivity index (χ2n) is 5.49. The Balaban J connectivity index is 1.91. The lowest BCUT2D eigenvalue weighted by Gasteiger charge is -2.27. The molecule has 0 saturated carbocycles. The highest BCUT2D eigenvalue weighted by molar-refractivity contribution is 6.44. The number of hydrogen-bond donors (Lipinski definition) is 2. The van der Waals surface area contributed by atoms with Crippen molar-refractivity contribution < 1.29 is 0 Å². The van der Waals surface area contributed by atoms with E-state index >= 15 is 0 Å². The van der Waals surface area contributed by atoms with Crippen molar-refractivity contribution in [3.8, 4) is 0 Å². The Hall–Kier alpha value is -1.85. The summed E-state index contributed by atoms with van der Waals surface area (Å²) >= 11 is 12.2. The first-order valence-corrected chi connectivity index (χ1v) is 8.24. The highest BCUT2D eigenvalue weighted by Gasteiger charge is 2.18. The molecular formula is C16H17Cl2N5. The fourth-order valence-corrected chi connectivity index (χ4v) is 3.08. The van der Waals surface area contributed by atoms with Crippen molar-refractivity contribution in [2.24, 2.45) is 0 Å². The van der Waals surface area contributed by atoms with Crippen LogP contribution in [0.3, 0.4) is 0 Å². The molecule has 0 aliphatic carbocycles. The van der Waals surface area contributed by atoms with Crippen LogP contribution in [0.5, 0.6) is 0 Å². The van der Waals surface area contributed by atoms with E-state index in [1.807, 2.05) is 0 Å². The van der Waals surface area contributed by atoms with Crippen LogP contribution in [0.25, 0.3) is 0 Å². The summed E-state index contributed by atoms with van der Waals surface area (Å²) in [6.45, 7) is 1.93. The molecule has 1 aliphatic rings. The predicted octanol–water partition coefficient (Wildman–Crippen LogP) is 3.77. The van der Waals surface area contributed by atoms with Gasteiger partial charge in [0.1, 0.15) is 11.5 Å². The van der Waals surface area contributed by atoms with Gasteiger partial charge in [0.2, 0.25) is 0 Å². The fourth-order valence-electron chi connectivity index (χ4n) is 2.69. The molecule has 23 heavy (non-hydrogen) atoms. The van der Waals surface area contributed by atoms with E-state index < -0.39 is 0 Å². The molecule has 0 spiro atoms. The monoisotopic (exact) mass is 349 g/mol. The Morgan fingerprint density at radius 2 is 1.91 bits per heavy atom. The maximum absolute atomic E-state index is 8.32. The van der Waals surface area contributed by atoms with Crippen LogP contribution < -0.4 is 10.6 Å². The van der Waals surface area contributed by atoms with Gasteiger partial charge < -0.3 is 10.6 Å². The smallest absolute Gasteiger partial charge is 0.154 e. The van der Waals surface area contributed by atoms with E-state index in [4.69, 9.17) is 34.3 Å². The van der Waals surface area contributed by atoms with E-state index in [-0.39, 0.29) is 11.5 Å². The number of aromatic nitrogens is 2. The number of hydrogen-bond acceptors (Lipinski definition) is 5. The lowest BCUT2D eigenvalue weighted by atomic mass is 10.1. The van der Waals surface area contributed by atoms with Gasteiger partial charge in [0, 0.05) is 18.7 Å². The lowest BCUT2D eigenvalue weighted by molar-refractivity contribution is 0.573. The Bertz CT molecular complexity index is 741. The maximum atomic E-state index is 8.32. The average Bonchev–Trinajstić information content (AvgIpc) is 2.57. The van der Waals surface area contributed by atoms with E-state index in [1.54, 1.807) is 24.4 Å². The van der Waals surface area contributed by atoms with Crippen LogP contribution in [0.4, 0.5) is 11.6 Å². The molecule has 3 rings (SSSR count). The van der Waals surface area contributed by atoms with Crippen LogP contribution >= 0.6 is 23.2 Å². The molecule has 0 amide bonds. The number of piperidine rings is 1. The molecule has 0 bridgehead atoms. The van der Waals surface area contributed by atoms with Gasteiger partial charge >= 0.3 is 0 Å². The van der Waals surface area contributed by atoms with Gasteiger partial charge in [-0.3, -0.25) is 5.41 Å². The second kappa shape index (κ2) is 6.72. The van der Waals surface area contributed by atoms with Crippen molar-refractivity contribution in [3.63, 3.8) is 0 Å². The third-order valence-corrected chi connectivity index (χ3v) is 4.74. The Morgan fingerprint density at radius 3 is 2.61 bits per heavy atom. The van der Waals surface area contributed by atoms with Crippen LogP contribution in [0.1, 0.15) is 30.5 Å². The van der Waals surface area contributed by atoms with E-state index in [2.05, 4.69) is 14.9 Å². The normalized spacial score (nSPS) is 14.8. The molecule has 1 aliphatic heterocycles. The first-order valence-electron chi connectivity index (χ1n) is 7.48. The van der Waals surface area contributed by atoms with Crippen LogP contribution in [-0.2, 0) is 0 Å². The summed E-state index contributed by atoms with van der Waals surface area (Å²) < 4.78 is 0. The molecule has 120 valence electrons. The van der Waals surface area contributed by atoms with Crippen molar-refractivity contribution in [2.75, 3.05) is 23.7 Å². The van der Waals surface area contributed by atoms with E-state index in [9.17, 15) is 0 Å². The van der Waals surface area contributed by atoms with Gasteiger partial charge in [0.25, 0.3) is 0 Å². The molecule has 2 aromatic rings. The summed E-state index contributed by atoms with van der Waals surface area (Å²) in [5.41, 5.74) is 6.96. The SMILES string of the molecule is N=C(c1cccc(Cl)c1Cl)c1ncc(N2CCCCC2)nc1N. The molecule has 7 heteroatoms. The maximum Gasteiger partial charge on any atom is 0.154 e. The minimum absolute atomic E-state index is 0.118. The van der Waals surface area contributed by atoms with Gasteiger partial charge in [-0.05, 0) is 25.3 Å². The number of rotatable bonds is 3. The number of nitrogens with one attached hydrogen (secondary N) is 1. The summed E-state index contributed by atoms with van der Waals surface area (Å²) in [4.78, 5) is 10.9. The quantitative estimate of drug-likeness (QED) is 0.826. The van der Waals surface area contributed by atoms with Crippen molar-refractivity contribution in [1.29, 1.82) is 5.41 Å². The van der Waals surface area contributed by atoms with Gasteiger partial charge in [-0.15, -0.1) is 0 Å². The summed E-state index contributed by atoms with van der Waals surface area (Å²) in [6, 6.07) is 5.13. The molecule has 0 unspecified atom stereocenters.